The Bertz CT molecular complexity index is 838. The van der Waals surface area contributed by atoms with E-state index in [4.69, 9.17) is 32.7 Å². The van der Waals surface area contributed by atoms with Gasteiger partial charge in [-0.2, -0.15) is 0 Å². The summed E-state index contributed by atoms with van der Waals surface area (Å²) in [6.07, 6.45) is 0.476. The summed E-state index contributed by atoms with van der Waals surface area (Å²) in [7, 11) is 1.66. The summed E-state index contributed by atoms with van der Waals surface area (Å²) in [6, 6.07) is 12.5. The molecule has 3 rings (SSSR count). The zero-order valence-electron chi connectivity index (χ0n) is 14.8. The van der Waals surface area contributed by atoms with Gasteiger partial charge in [0.15, 0.2) is 6.61 Å². The predicted octanol–water partition coefficient (Wildman–Crippen LogP) is 3.75. The van der Waals surface area contributed by atoms with Crippen LogP contribution in [-0.4, -0.2) is 37.0 Å². The van der Waals surface area contributed by atoms with Gasteiger partial charge in [-0.25, -0.2) is 0 Å². The molecule has 1 heterocycles. The maximum atomic E-state index is 12.3. The van der Waals surface area contributed by atoms with Crippen LogP contribution in [0, 0.1) is 5.92 Å². The quantitative estimate of drug-likeness (QED) is 0.708. The van der Waals surface area contributed by atoms with Crippen molar-refractivity contribution in [3.63, 3.8) is 0 Å². The lowest BCUT2D eigenvalue weighted by molar-refractivity contribution is -0.156. The molecule has 0 aromatic heterocycles. The third kappa shape index (κ3) is 5.15. The largest absolute Gasteiger partial charge is 0.492 e. The van der Waals surface area contributed by atoms with Crippen molar-refractivity contribution in [2.45, 2.75) is 13.0 Å². The van der Waals surface area contributed by atoms with Crippen LogP contribution < -0.4 is 4.74 Å². The second-order valence-electron chi connectivity index (χ2n) is 6.45. The second-order valence-corrected chi connectivity index (χ2v) is 7.32. The summed E-state index contributed by atoms with van der Waals surface area (Å²) in [5.41, 5.74) is 1.80. The number of carbonyl (C=O) groups excluding carboxylic acids is 2. The van der Waals surface area contributed by atoms with Gasteiger partial charge >= 0.3 is 5.97 Å². The number of likely N-dealkylation sites (N-methyl/N-ethyl adjacent to an activating group) is 1. The number of nitrogens with zero attached hydrogens (tertiary/aromatic N) is 1. The van der Waals surface area contributed by atoms with Crippen LogP contribution in [0.15, 0.2) is 42.5 Å². The molecule has 1 aliphatic rings. The fourth-order valence-corrected chi connectivity index (χ4v) is 3.15. The minimum Gasteiger partial charge on any atom is -0.492 e. The maximum absolute atomic E-state index is 12.3. The molecule has 0 saturated carbocycles. The van der Waals surface area contributed by atoms with E-state index < -0.39 is 11.9 Å². The highest BCUT2D eigenvalue weighted by atomic mass is 35.5. The number of carbonyl (C=O) groups is 2. The number of ether oxygens (including phenoxy) is 2. The minimum atomic E-state index is -0.453. The normalized spacial score (nSPS) is 15.4. The molecule has 0 spiro atoms. The van der Waals surface area contributed by atoms with Crippen LogP contribution in [0.4, 0.5) is 0 Å². The molecule has 0 N–H and O–H groups in total. The lowest BCUT2D eigenvalue weighted by Gasteiger charge is -2.24. The average molecular weight is 408 g/mol. The highest BCUT2D eigenvalue weighted by Crippen LogP contribution is 2.30. The van der Waals surface area contributed by atoms with E-state index in [-0.39, 0.29) is 19.1 Å². The Morgan fingerprint density at radius 2 is 1.85 bits per heavy atom. The Balaban J connectivity index is 1.49. The van der Waals surface area contributed by atoms with E-state index >= 15 is 0 Å². The highest BCUT2D eigenvalue weighted by molar-refractivity contribution is 6.30. The average Bonchev–Trinajstić information content (AvgIpc) is 2.66. The van der Waals surface area contributed by atoms with Crippen LogP contribution in [0.5, 0.6) is 5.75 Å². The first kappa shape index (κ1) is 19.5. The molecule has 1 amide bonds. The summed E-state index contributed by atoms with van der Waals surface area (Å²) in [4.78, 5) is 26.0. The molecule has 1 aliphatic heterocycles. The number of benzene rings is 2. The molecule has 2 aromatic rings. The van der Waals surface area contributed by atoms with E-state index in [0.717, 1.165) is 16.9 Å². The molecule has 7 heteroatoms. The molecule has 0 aliphatic carbocycles. The van der Waals surface area contributed by atoms with E-state index in [2.05, 4.69) is 0 Å². The SMILES string of the molecule is CN(Cc1ccc(Cl)cc1)C(=O)COC(=O)[C@@H]1COc2ccc(Cl)cc2C1. The zero-order chi connectivity index (χ0) is 19.4. The number of hydrogen-bond acceptors (Lipinski definition) is 4. The van der Waals surface area contributed by atoms with Crippen molar-refractivity contribution < 1.29 is 19.1 Å². The molecule has 1 atom stereocenters. The third-order valence-electron chi connectivity index (χ3n) is 4.36. The molecule has 0 unspecified atom stereocenters. The number of rotatable bonds is 5. The van der Waals surface area contributed by atoms with Crippen molar-refractivity contribution in [3.05, 3.63) is 63.6 Å². The molecule has 0 fully saturated rings. The van der Waals surface area contributed by atoms with Gasteiger partial charge in [0, 0.05) is 23.6 Å². The van der Waals surface area contributed by atoms with Gasteiger partial charge in [0.2, 0.25) is 0 Å². The van der Waals surface area contributed by atoms with Crippen molar-refractivity contribution in [1.82, 2.24) is 4.90 Å². The lowest BCUT2D eigenvalue weighted by atomic mass is 9.97. The summed E-state index contributed by atoms with van der Waals surface area (Å²) >= 11 is 11.8. The summed E-state index contributed by atoms with van der Waals surface area (Å²) in [6.45, 7) is 0.329. The number of esters is 1. The topological polar surface area (TPSA) is 55.8 Å². The molecule has 2 aromatic carbocycles. The Kier molecular flexibility index (Phi) is 6.24. The molecular weight excluding hydrogens is 389 g/mol. The van der Waals surface area contributed by atoms with E-state index in [1.807, 2.05) is 12.1 Å². The molecule has 27 heavy (non-hydrogen) atoms. The number of halogens is 2. The van der Waals surface area contributed by atoms with Crippen LogP contribution >= 0.6 is 23.2 Å². The van der Waals surface area contributed by atoms with Crippen molar-refractivity contribution in [2.75, 3.05) is 20.3 Å². The fourth-order valence-electron chi connectivity index (χ4n) is 2.83. The van der Waals surface area contributed by atoms with E-state index in [9.17, 15) is 9.59 Å². The van der Waals surface area contributed by atoms with E-state index in [1.54, 1.807) is 37.4 Å². The molecule has 0 radical (unpaired) electrons. The molecule has 0 saturated heterocycles. The first-order chi connectivity index (χ1) is 12.9. The predicted molar refractivity (Wildman–Crippen MR) is 103 cm³/mol. The van der Waals surface area contributed by atoms with Crippen molar-refractivity contribution in [1.29, 1.82) is 0 Å². The van der Waals surface area contributed by atoms with Crippen LogP contribution in [0.25, 0.3) is 0 Å². The fraction of sp³-hybridized carbons (Fsp3) is 0.300. The van der Waals surface area contributed by atoms with Crippen LogP contribution in [0.3, 0.4) is 0 Å². The van der Waals surface area contributed by atoms with Crippen molar-refractivity contribution >= 4 is 35.1 Å². The van der Waals surface area contributed by atoms with Gasteiger partial charge in [-0.1, -0.05) is 35.3 Å². The Hall–Kier alpha value is -2.24. The summed E-state index contributed by atoms with van der Waals surface area (Å²) in [5, 5.41) is 1.23. The van der Waals surface area contributed by atoms with Crippen molar-refractivity contribution in [2.24, 2.45) is 5.92 Å². The standard InChI is InChI=1S/C20H19Cl2NO4/c1-23(10-13-2-4-16(21)5-3-13)19(24)12-27-20(25)15-8-14-9-17(22)6-7-18(14)26-11-15/h2-7,9,15H,8,10-12H2,1H3/t15-/m0/s1. The molecule has 142 valence electrons. The smallest absolute Gasteiger partial charge is 0.313 e. The van der Waals surface area contributed by atoms with Crippen molar-refractivity contribution in [3.8, 4) is 5.75 Å². The molecular formula is C20H19Cl2NO4. The Morgan fingerprint density at radius 3 is 2.59 bits per heavy atom. The Labute approximate surface area is 167 Å². The number of hydrogen-bond donors (Lipinski definition) is 0. The van der Waals surface area contributed by atoms with Crippen LogP contribution in [0.1, 0.15) is 11.1 Å². The van der Waals surface area contributed by atoms with E-state index in [1.165, 1.54) is 4.90 Å². The minimum absolute atomic E-state index is 0.224. The van der Waals surface area contributed by atoms with E-state index in [0.29, 0.717) is 23.0 Å². The zero-order valence-corrected chi connectivity index (χ0v) is 16.3. The first-order valence-electron chi connectivity index (χ1n) is 8.48. The van der Waals surface area contributed by atoms with Gasteiger partial charge in [0.1, 0.15) is 12.4 Å². The summed E-state index contributed by atoms with van der Waals surface area (Å²) in [5.74, 6) is -0.458. The van der Waals surface area contributed by atoms with Crippen LogP contribution in [-0.2, 0) is 27.3 Å². The summed E-state index contributed by atoms with van der Waals surface area (Å²) < 4.78 is 10.8. The highest BCUT2D eigenvalue weighted by Gasteiger charge is 2.28. The van der Waals surface area contributed by atoms with Gasteiger partial charge in [0.25, 0.3) is 5.91 Å². The maximum Gasteiger partial charge on any atom is 0.313 e. The third-order valence-corrected chi connectivity index (χ3v) is 4.85. The van der Waals surface area contributed by atoms with Gasteiger partial charge in [-0.15, -0.1) is 0 Å². The number of fused-ring (bicyclic) bond motifs is 1. The lowest BCUT2D eigenvalue weighted by Crippen LogP contribution is -2.34. The second kappa shape index (κ2) is 8.63. The molecule has 0 bridgehead atoms. The first-order valence-corrected chi connectivity index (χ1v) is 9.24. The van der Waals surface area contributed by atoms with Gasteiger partial charge in [0.05, 0.1) is 5.92 Å². The van der Waals surface area contributed by atoms with Gasteiger partial charge in [-0.3, -0.25) is 9.59 Å². The van der Waals surface area contributed by atoms with Gasteiger partial charge in [-0.05, 0) is 47.9 Å². The van der Waals surface area contributed by atoms with Gasteiger partial charge < -0.3 is 14.4 Å². The Morgan fingerprint density at radius 1 is 1.15 bits per heavy atom. The molecule has 5 nitrogen and oxygen atoms in total. The number of amides is 1. The van der Waals surface area contributed by atoms with Crippen LogP contribution in [0.2, 0.25) is 10.0 Å². The monoisotopic (exact) mass is 407 g/mol.